The topological polar surface area (TPSA) is 58.2 Å². The van der Waals surface area contributed by atoms with Crippen LogP contribution in [0.3, 0.4) is 0 Å². The lowest BCUT2D eigenvalue weighted by molar-refractivity contribution is -0.119. The highest BCUT2D eigenvalue weighted by molar-refractivity contribution is 8.00. The van der Waals surface area contributed by atoms with E-state index in [-0.39, 0.29) is 11.8 Å². The summed E-state index contributed by atoms with van der Waals surface area (Å²) in [4.78, 5) is 24.0. The molecule has 0 heterocycles. The molecule has 0 atom stereocenters. The number of benzene rings is 1. The van der Waals surface area contributed by atoms with Crippen molar-refractivity contribution in [2.75, 3.05) is 11.1 Å². The molecule has 0 aromatic heterocycles. The lowest BCUT2D eigenvalue weighted by atomic mass is 10.1. The summed E-state index contributed by atoms with van der Waals surface area (Å²) in [5.74, 6) is 0.474. The van der Waals surface area contributed by atoms with Gasteiger partial charge in [0.15, 0.2) is 0 Å². The maximum atomic E-state index is 12.0. The molecule has 0 spiro atoms. The third kappa shape index (κ3) is 6.10. The van der Waals surface area contributed by atoms with Crippen LogP contribution in [0.15, 0.2) is 29.2 Å². The zero-order chi connectivity index (χ0) is 15.8. The van der Waals surface area contributed by atoms with E-state index < -0.39 is 0 Å². The number of carbonyl (C=O) groups is 2. The minimum absolute atomic E-state index is 0.0804. The molecule has 2 rings (SSSR count). The van der Waals surface area contributed by atoms with E-state index in [0.717, 1.165) is 23.4 Å². The number of thioether (sulfide) groups is 1. The Morgan fingerprint density at radius 3 is 2.32 bits per heavy atom. The summed E-state index contributed by atoms with van der Waals surface area (Å²) in [7, 11) is 0. The first-order valence-electron chi connectivity index (χ1n) is 7.93. The molecule has 4 nitrogen and oxygen atoms in total. The number of anilines is 1. The second-order valence-electron chi connectivity index (χ2n) is 5.75. The fourth-order valence-electron chi connectivity index (χ4n) is 2.68. The molecule has 1 aliphatic carbocycles. The lowest BCUT2D eigenvalue weighted by Gasteiger charge is -2.16. The Morgan fingerprint density at radius 1 is 1.09 bits per heavy atom. The van der Waals surface area contributed by atoms with Gasteiger partial charge in [0, 0.05) is 23.5 Å². The molecule has 1 aromatic rings. The summed E-state index contributed by atoms with van der Waals surface area (Å²) in [6.45, 7) is 1.49. The SMILES string of the molecule is CC(=O)Nc1ccc(SCC(=O)NC2CCCCCC2)cc1. The predicted molar refractivity (Wildman–Crippen MR) is 91.1 cm³/mol. The summed E-state index contributed by atoms with van der Waals surface area (Å²) in [6.07, 6.45) is 7.26. The Labute approximate surface area is 136 Å². The molecule has 120 valence electrons. The van der Waals surface area contributed by atoms with Gasteiger partial charge in [0.25, 0.3) is 0 Å². The average Bonchev–Trinajstić information content (AvgIpc) is 2.74. The third-order valence-electron chi connectivity index (χ3n) is 3.76. The standard InChI is InChI=1S/C17H24N2O2S/c1-13(20)18-15-8-10-16(11-9-15)22-12-17(21)19-14-6-4-2-3-5-7-14/h8-11,14H,2-7,12H2,1H3,(H,18,20)(H,19,21). The maximum absolute atomic E-state index is 12.0. The van der Waals surface area contributed by atoms with E-state index in [2.05, 4.69) is 10.6 Å². The van der Waals surface area contributed by atoms with E-state index in [0.29, 0.717) is 11.8 Å². The average molecular weight is 320 g/mol. The van der Waals surface area contributed by atoms with Crippen molar-refractivity contribution in [3.63, 3.8) is 0 Å². The maximum Gasteiger partial charge on any atom is 0.230 e. The number of amides is 2. The summed E-state index contributed by atoms with van der Waals surface area (Å²) in [6, 6.07) is 7.92. The largest absolute Gasteiger partial charge is 0.353 e. The van der Waals surface area contributed by atoms with Crippen molar-refractivity contribution in [3.8, 4) is 0 Å². The van der Waals surface area contributed by atoms with E-state index in [1.807, 2.05) is 24.3 Å². The summed E-state index contributed by atoms with van der Waals surface area (Å²) in [5.41, 5.74) is 0.778. The second-order valence-corrected chi connectivity index (χ2v) is 6.80. The van der Waals surface area contributed by atoms with Gasteiger partial charge in [-0.15, -0.1) is 11.8 Å². The third-order valence-corrected chi connectivity index (χ3v) is 4.78. The van der Waals surface area contributed by atoms with Crippen LogP contribution in [0.4, 0.5) is 5.69 Å². The van der Waals surface area contributed by atoms with Crippen molar-refractivity contribution >= 4 is 29.3 Å². The number of hydrogen-bond donors (Lipinski definition) is 2. The van der Waals surface area contributed by atoms with Crippen LogP contribution >= 0.6 is 11.8 Å². The van der Waals surface area contributed by atoms with E-state index in [4.69, 9.17) is 0 Å². The highest BCUT2D eigenvalue weighted by atomic mass is 32.2. The molecular weight excluding hydrogens is 296 g/mol. The highest BCUT2D eigenvalue weighted by Gasteiger charge is 2.14. The van der Waals surface area contributed by atoms with Crippen LogP contribution in [-0.2, 0) is 9.59 Å². The molecule has 1 aromatic carbocycles. The minimum atomic E-state index is -0.0804. The van der Waals surface area contributed by atoms with Gasteiger partial charge < -0.3 is 10.6 Å². The number of nitrogens with one attached hydrogen (secondary N) is 2. The molecule has 22 heavy (non-hydrogen) atoms. The van der Waals surface area contributed by atoms with Gasteiger partial charge in [-0.05, 0) is 37.1 Å². The normalized spacial score (nSPS) is 15.9. The van der Waals surface area contributed by atoms with Gasteiger partial charge in [0.2, 0.25) is 11.8 Å². The Kier molecular flexibility index (Phi) is 6.77. The molecule has 0 radical (unpaired) electrons. The van der Waals surface area contributed by atoms with Gasteiger partial charge in [-0.2, -0.15) is 0 Å². The van der Waals surface area contributed by atoms with Crippen molar-refractivity contribution in [1.82, 2.24) is 5.32 Å². The van der Waals surface area contributed by atoms with Crippen LogP contribution in [0, 0.1) is 0 Å². The summed E-state index contributed by atoms with van der Waals surface area (Å²) in [5, 5.41) is 5.88. The Balaban J connectivity index is 1.74. The van der Waals surface area contributed by atoms with Crippen molar-refractivity contribution in [2.45, 2.75) is 56.4 Å². The van der Waals surface area contributed by atoms with Crippen LogP contribution < -0.4 is 10.6 Å². The number of carbonyl (C=O) groups excluding carboxylic acids is 2. The Hall–Kier alpha value is -1.49. The molecule has 1 aliphatic rings. The minimum Gasteiger partial charge on any atom is -0.353 e. The fourth-order valence-corrected chi connectivity index (χ4v) is 3.39. The number of rotatable bonds is 5. The molecule has 0 aliphatic heterocycles. The first-order chi connectivity index (χ1) is 10.6. The zero-order valence-electron chi connectivity index (χ0n) is 13.1. The van der Waals surface area contributed by atoms with Crippen LogP contribution in [0.2, 0.25) is 0 Å². The van der Waals surface area contributed by atoms with Crippen LogP contribution in [0.1, 0.15) is 45.4 Å². The Morgan fingerprint density at radius 2 is 1.73 bits per heavy atom. The van der Waals surface area contributed by atoms with E-state index in [1.165, 1.54) is 44.4 Å². The molecule has 1 fully saturated rings. The number of hydrogen-bond acceptors (Lipinski definition) is 3. The van der Waals surface area contributed by atoms with Crippen molar-refractivity contribution in [2.24, 2.45) is 0 Å². The lowest BCUT2D eigenvalue weighted by Crippen LogP contribution is -2.35. The zero-order valence-corrected chi connectivity index (χ0v) is 13.9. The fraction of sp³-hybridized carbons (Fsp3) is 0.529. The van der Waals surface area contributed by atoms with Gasteiger partial charge in [0.05, 0.1) is 5.75 Å². The molecule has 0 unspecified atom stereocenters. The monoisotopic (exact) mass is 320 g/mol. The van der Waals surface area contributed by atoms with Gasteiger partial charge in [-0.25, -0.2) is 0 Å². The van der Waals surface area contributed by atoms with Gasteiger partial charge >= 0.3 is 0 Å². The molecule has 1 saturated carbocycles. The van der Waals surface area contributed by atoms with E-state index in [9.17, 15) is 9.59 Å². The molecule has 2 amide bonds. The molecular formula is C17H24N2O2S. The highest BCUT2D eigenvalue weighted by Crippen LogP contribution is 2.21. The molecule has 5 heteroatoms. The first-order valence-corrected chi connectivity index (χ1v) is 8.92. The first kappa shape index (κ1) is 16.9. The predicted octanol–water partition coefficient (Wildman–Crippen LogP) is 3.58. The Bertz CT molecular complexity index is 494. The van der Waals surface area contributed by atoms with Gasteiger partial charge in [0.1, 0.15) is 0 Å². The van der Waals surface area contributed by atoms with Crippen LogP contribution in [0.25, 0.3) is 0 Å². The van der Waals surface area contributed by atoms with E-state index in [1.54, 1.807) is 0 Å². The quantitative estimate of drug-likeness (QED) is 0.644. The van der Waals surface area contributed by atoms with Crippen molar-refractivity contribution < 1.29 is 9.59 Å². The molecule has 0 saturated heterocycles. The summed E-state index contributed by atoms with van der Waals surface area (Å²) >= 11 is 1.53. The van der Waals surface area contributed by atoms with Crippen LogP contribution in [-0.4, -0.2) is 23.6 Å². The van der Waals surface area contributed by atoms with E-state index >= 15 is 0 Å². The van der Waals surface area contributed by atoms with Crippen LogP contribution in [0.5, 0.6) is 0 Å². The second kappa shape index (κ2) is 8.83. The van der Waals surface area contributed by atoms with Gasteiger partial charge in [-0.3, -0.25) is 9.59 Å². The molecule has 2 N–H and O–H groups in total. The van der Waals surface area contributed by atoms with Crippen molar-refractivity contribution in [3.05, 3.63) is 24.3 Å². The van der Waals surface area contributed by atoms with Gasteiger partial charge in [-0.1, -0.05) is 25.7 Å². The summed E-state index contributed by atoms with van der Waals surface area (Å²) < 4.78 is 0. The molecule has 0 bridgehead atoms. The van der Waals surface area contributed by atoms with Crippen molar-refractivity contribution in [1.29, 1.82) is 0 Å². The smallest absolute Gasteiger partial charge is 0.230 e.